The molecule has 0 amide bonds. The minimum Gasteiger partial charge on any atom is -0.371 e. The van der Waals surface area contributed by atoms with Crippen LogP contribution in [-0.4, -0.2) is 14.1 Å². The Hall–Kier alpha value is -1.80. The standard InChI is InChI=1S/C18H23N3O4S/c1-18-9-8-14-13-5-3-12(25-26(19,23)24)10-11(13)2-4-15(14)16(18)6-7-17(18)20-21-22/h3,5,10,14-16H,2,4,6-9H2,1H3,(H2,19,23,24)/b20-17+/t14?,15?,16?,18-/m0/s1. The van der Waals surface area contributed by atoms with E-state index >= 15 is 0 Å². The lowest BCUT2D eigenvalue weighted by atomic mass is 9.55. The number of rotatable bonds is 3. The van der Waals surface area contributed by atoms with Gasteiger partial charge >= 0.3 is 10.3 Å². The number of hydrogen-bond acceptors (Lipinski definition) is 5. The van der Waals surface area contributed by atoms with Crippen molar-refractivity contribution < 1.29 is 12.6 Å². The quantitative estimate of drug-likeness (QED) is 0.643. The Bertz CT molecular complexity index is 882. The Morgan fingerprint density at radius 1 is 1.23 bits per heavy atom. The highest BCUT2D eigenvalue weighted by atomic mass is 32.2. The lowest BCUT2D eigenvalue weighted by molar-refractivity contribution is 0.0955. The summed E-state index contributed by atoms with van der Waals surface area (Å²) in [5, 5.41) is 11.7. The van der Waals surface area contributed by atoms with E-state index in [1.807, 2.05) is 12.1 Å². The Labute approximate surface area is 153 Å². The minimum absolute atomic E-state index is 0.0107. The molecule has 0 heterocycles. The Morgan fingerprint density at radius 2 is 2.04 bits per heavy atom. The van der Waals surface area contributed by atoms with Crippen molar-refractivity contribution in [1.29, 1.82) is 0 Å². The fraction of sp³-hybridized carbons (Fsp3) is 0.611. The minimum atomic E-state index is -4.01. The average Bonchev–Trinajstić information content (AvgIpc) is 2.90. The molecule has 2 fully saturated rings. The van der Waals surface area contributed by atoms with Crippen molar-refractivity contribution in [3.8, 4) is 5.75 Å². The fourth-order valence-electron chi connectivity index (χ4n) is 5.75. The van der Waals surface area contributed by atoms with Gasteiger partial charge in [0, 0.05) is 5.41 Å². The van der Waals surface area contributed by atoms with Crippen molar-refractivity contribution in [2.45, 2.75) is 51.4 Å². The van der Waals surface area contributed by atoms with E-state index in [4.69, 9.17) is 9.32 Å². The number of nitrogens with zero attached hydrogens (tertiary/aromatic N) is 2. The van der Waals surface area contributed by atoms with E-state index < -0.39 is 10.3 Å². The number of benzene rings is 1. The summed E-state index contributed by atoms with van der Waals surface area (Å²) in [7, 11) is -4.01. The van der Waals surface area contributed by atoms with Gasteiger partial charge in [0.05, 0.1) is 11.0 Å². The van der Waals surface area contributed by atoms with Gasteiger partial charge < -0.3 is 4.18 Å². The zero-order valence-electron chi connectivity index (χ0n) is 14.7. The number of nitrogens with two attached hydrogens (primary N) is 1. The zero-order valence-corrected chi connectivity index (χ0v) is 15.5. The number of aryl methyl sites for hydroxylation is 1. The second kappa shape index (κ2) is 6.13. The van der Waals surface area contributed by atoms with Crippen LogP contribution in [0.25, 0.3) is 0 Å². The molecular formula is C18H23N3O4S. The molecule has 0 spiro atoms. The normalized spacial score (nSPS) is 34.7. The van der Waals surface area contributed by atoms with Crippen molar-refractivity contribution in [2.75, 3.05) is 0 Å². The first-order valence-electron chi connectivity index (χ1n) is 9.06. The third kappa shape index (κ3) is 2.85. The maximum absolute atomic E-state index is 11.2. The molecule has 4 rings (SSSR count). The van der Waals surface area contributed by atoms with Crippen molar-refractivity contribution in [1.82, 2.24) is 0 Å². The van der Waals surface area contributed by atoms with E-state index in [0.29, 0.717) is 17.8 Å². The van der Waals surface area contributed by atoms with Crippen molar-refractivity contribution >= 4 is 16.0 Å². The molecule has 3 aliphatic carbocycles. The summed E-state index contributed by atoms with van der Waals surface area (Å²) in [5.74, 6) is 1.82. The predicted octanol–water partition coefficient (Wildman–Crippen LogP) is 3.25. The molecule has 0 saturated heterocycles. The zero-order chi connectivity index (χ0) is 18.5. The van der Waals surface area contributed by atoms with Crippen LogP contribution in [0.4, 0.5) is 0 Å². The molecule has 0 aliphatic heterocycles. The molecule has 0 bridgehead atoms. The monoisotopic (exact) mass is 377 g/mol. The molecule has 3 unspecified atom stereocenters. The van der Waals surface area contributed by atoms with Crippen molar-refractivity contribution in [3.63, 3.8) is 0 Å². The summed E-state index contributed by atoms with van der Waals surface area (Å²) in [4.78, 5) is 10.7. The van der Waals surface area contributed by atoms with Gasteiger partial charge in [0.1, 0.15) is 5.75 Å². The second-order valence-electron chi connectivity index (χ2n) is 7.98. The van der Waals surface area contributed by atoms with Gasteiger partial charge in [-0.1, -0.05) is 13.0 Å². The van der Waals surface area contributed by atoms with Gasteiger partial charge in [0.15, 0.2) is 0 Å². The number of hydrogen-bond donors (Lipinski definition) is 1. The van der Waals surface area contributed by atoms with Crippen LogP contribution >= 0.6 is 0 Å². The van der Waals surface area contributed by atoms with E-state index in [1.165, 1.54) is 5.56 Å². The Morgan fingerprint density at radius 3 is 2.77 bits per heavy atom. The van der Waals surface area contributed by atoms with Gasteiger partial charge in [-0.2, -0.15) is 13.6 Å². The van der Waals surface area contributed by atoms with Crippen molar-refractivity contribution in [2.24, 2.45) is 32.8 Å². The van der Waals surface area contributed by atoms with Gasteiger partial charge in [-0.3, -0.25) is 0 Å². The molecule has 7 nitrogen and oxygen atoms in total. The molecule has 2 saturated carbocycles. The molecule has 0 radical (unpaired) electrons. The molecule has 1 aromatic rings. The molecule has 2 N–H and O–H groups in total. The Balaban J connectivity index is 1.63. The predicted molar refractivity (Wildman–Crippen MR) is 98.0 cm³/mol. The summed E-state index contributed by atoms with van der Waals surface area (Å²) in [5.41, 5.74) is 3.41. The van der Waals surface area contributed by atoms with Gasteiger partial charge in [0.2, 0.25) is 0 Å². The lowest BCUT2D eigenvalue weighted by Crippen LogP contribution is -2.42. The highest BCUT2D eigenvalue weighted by Gasteiger charge is 2.53. The van der Waals surface area contributed by atoms with E-state index in [0.717, 1.165) is 49.8 Å². The van der Waals surface area contributed by atoms with Crippen LogP contribution in [0, 0.1) is 22.2 Å². The van der Waals surface area contributed by atoms with Crippen LogP contribution in [0.3, 0.4) is 0 Å². The molecule has 1 aromatic carbocycles. The van der Waals surface area contributed by atoms with Crippen LogP contribution in [-0.2, 0) is 16.7 Å². The molecule has 140 valence electrons. The SMILES string of the molecule is C[C@]12CCC3c4ccc(OS(N)(=O)=O)cc4CCC3C1CC/C2=N\N=O. The Kier molecular flexibility index (Phi) is 4.15. The summed E-state index contributed by atoms with van der Waals surface area (Å²) >= 11 is 0. The van der Waals surface area contributed by atoms with Crippen LogP contribution in [0.1, 0.15) is 56.1 Å². The lowest BCUT2D eigenvalue weighted by Gasteiger charge is -2.49. The van der Waals surface area contributed by atoms with Crippen LogP contribution < -0.4 is 9.32 Å². The molecule has 26 heavy (non-hydrogen) atoms. The highest BCUT2D eigenvalue weighted by molar-refractivity contribution is 7.84. The third-order valence-electron chi connectivity index (χ3n) is 6.81. The maximum Gasteiger partial charge on any atom is 0.380 e. The average molecular weight is 377 g/mol. The summed E-state index contributed by atoms with van der Waals surface area (Å²) < 4.78 is 27.1. The maximum atomic E-state index is 11.2. The topological polar surface area (TPSA) is 111 Å². The fourth-order valence-corrected chi connectivity index (χ4v) is 6.12. The first-order valence-corrected chi connectivity index (χ1v) is 10.5. The summed E-state index contributed by atoms with van der Waals surface area (Å²) in [6.45, 7) is 2.24. The third-order valence-corrected chi connectivity index (χ3v) is 7.24. The largest absolute Gasteiger partial charge is 0.380 e. The second-order valence-corrected chi connectivity index (χ2v) is 9.13. The summed E-state index contributed by atoms with van der Waals surface area (Å²) in [6.07, 6.45) is 5.92. The van der Waals surface area contributed by atoms with Crippen molar-refractivity contribution in [3.05, 3.63) is 34.2 Å². The molecular weight excluding hydrogens is 354 g/mol. The van der Waals surface area contributed by atoms with Gasteiger partial charge in [-0.15, -0.1) is 10.0 Å². The first-order chi connectivity index (χ1) is 12.3. The van der Waals surface area contributed by atoms with E-state index in [9.17, 15) is 13.3 Å². The number of nitroso groups, excluding NO2 is 1. The molecule has 3 aliphatic rings. The highest BCUT2D eigenvalue weighted by Crippen LogP contribution is 2.60. The van der Waals surface area contributed by atoms with Gasteiger partial charge in [-0.05, 0) is 79.5 Å². The first kappa shape index (κ1) is 17.6. The summed E-state index contributed by atoms with van der Waals surface area (Å²) in [6, 6.07) is 5.49. The van der Waals surface area contributed by atoms with Crippen LogP contribution in [0.15, 0.2) is 28.6 Å². The van der Waals surface area contributed by atoms with Gasteiger partial charge in [-0.25, -0.2) is 0 Å². The van der Waals surface area contributed by atoms with E-state index in [1.54, 1.807) is 6.07 Å². The molecule has 4 atom stereocenters. The van der Waals surface area contributed by atoms with E-state index in [-0.39, 0.29) is 11.2 Å². The number of fused-ring (bicyclic) bond motifs is 5. The van der Waals surface area contributed by atoms with E-state index in [2.05, 4.69) is 17.3 Å². The van der Waals surface area contributed by atoms with Crippen LogP contribution in [0.2, 0.25) is 0 Å². The molecule has 0 aromatic heterocycles. The molecule has 8 heteroatoms. The smallest absolute Gasteiger partial charge is 0.371 e. The van der Waals surface area contributed by atoms with Gasteiger partial charge in [0.25, 0.3) is 0 Å². The van der Waals surface area contributed by atoms with Crippen LogP contribution in [0.5, 0.6) is 5.75 Å².